The van der Waals surface area contributed by atoms with E-state index in [2.05, 4.69) is 10.6 Å². The topological polar surface area (TPSA) is 41.1 Å². The Morgan fingerprint density at radius 2 is 2.13 bits per heavy atom. The van der Waals surface area contributed by atoms with E-state index >= 15 is 0 Å². The van der Waals surface area contributed by atoms with E-state index in [-0.39, 0.29) is 28.7 Å². The molecule has 0 bridgehead atoms. The average Bonchev–Trinajstić information content (AvgIpc) is 3.20. The minimum Gasteiger partial charge on any atom is -0.325 e. The van der Waals surface area contributed by atoms with Gasteiger partial charge in [0.2, 0.25) is 12.3 Å². The summed E-state index contributed by atoms with van der Waals surface area (Å²) in [5.41, 5.74) is 0.371. The van der Waals surface area contributed by atoms with E-state index in [1.54, 1.807) is 0 Å². The van der Waals surface area contributed by atoms with Gasteiger partial charge in [-0.15, -0.1) is 11.8 Å². The Morgan fingerprint density at radius 1 is 1.39 bits per heavy atom. The number of benzene rings is 1. The lowest BCUT2D eigenvalue weighted by Gasteiger charge is -2.23. The predicted octanol–water partition coefficient (Wildman–Crippen LogP) is 3.51. The van der Waals surface area contributed by atoms with Gasteiger partial charge in [-0.2, -0.15) is 0 Å². The summed E-state index contributed by atoms with van der Waals surface area (Å²) < 4.78 is 38.2. The molecule has 23 heavy (non-hydrogen) atoms. The van der Waals surface area contributed by atoms with Crippen LogP contribution in [0.1, 0.15) is 19.3 Å². The van der Waals surface area contributed by atoms with Crippen LogP contribution in [0.2, 0.25) is 0 Å². The standard InChI is InChI=1S/C16H19F3N2OS/c17-10-1-2-13(23-9-14(18)19)12(7-10)21-15(22)11-8-16(11)3-5-20-6-4-16/h1-2,7,11,14,20H,3-6,8-9H2,(H,21,22). The van der Waals surface area contributed by atoms with Crippen molar-refractivity contribution in [2.45, 2.75) is 30.6 Å². The molecule has 1 heterocycles. The third-order valence-corrected chi connectivity index (χ3v) is 5.76. The first-order valence-electron chi connectivity index (χ1n) is 7.72. The Hall–Kier alpha value is -1.21. The molecule has 1 atom stereocenters. The van der Waals surface area contributed by atoms with Gasteiger partial charge in [0, 0.05) is 10.8 Å². The number of thioether (sulfide) groups is 1. The Bertz CT molecular complexity index is 591. The monoisotopic (exact) mass is 344 g/mol. The van der Waals surface area contributed by atoms with Crippen LogP contribution in [0.25, 0.3) is 0 Å². The second-order valence-electron chi connectivity index (χ2n) is 6.20. The van der Waals surface area contributed by atoms with Gasteiger partial charge in [0.15, 0.2) is 0 Å². The highest BCUT2D eigenvalue weighted by Gasteiger charge is 2.57. The number of anilines is 1. The van der Waals surface area contributed by atoms with Crippen LogP contribution in [0.5, 0.6) is 0 Å². The zero-order chi connectivity index (χ0) is 16.4. The summed E-state index contributed by atoms with van der Waals surface area (Å²) in [7, 11) is 0. The Morgan fingerprint density at radius 3 is 2.83 bits per heavy atom. The smallest absolute Gasteiger partial charge is 0.247 e. The van der Waals surface area contributed by atoms with Gasteiger partial charge in [-0.25, -0.2) is 13.2 Å². The van der Waals surface area contributed by atoms with Gasteiger partial charge in [-0.1, -0.05) is 0 Å². The van der Waals surface area contributed by atoms with Crippen LogP contribution in [0.3, 0.4) is 0 Å². The lowest BCUT2D eigenvalue weighted by Crippen LogP contribution is -2.31. The Balaban J connectivity index is 1.67. The van der Waals surface area contributed by atoms with E-state index in [1.165, 1.54) is 18.2 Å². The number of carbonyl (C=O) groups is 1. The fourth-order valence-electron chi connectivity index (χ4n) is 3.29. The third-order valence-electron chi connectivity index (χ3n) is 4.67. The van der Waals surface area contributed by atoms with Crippen molar-refractivity contribution in [3.05, 3.63) is 24.0 Å². The molecule has 3 rings (SSSR count). The summed E-state index contributed by atoms with van der Waals surface area (Å²) in [6.07, 6.45) is 0.354. The Labute approximate surface area is 137 Å². The summed E-state index contributed by atoms with van der Waals surface area (Å²) in [6.45, 7) is 1.83. The minimum absolute atomic E-state index is 0.0548. The van der Waals surface area contributed by atoms with Gasteiger partial charge in [0.25, 0.3) is 0 Å². The fraction of sp³-hybridized carbons (Fsp3) is 0.562. The number of alkyl halides is 2. The van der Waals surface area contributed by atoms with Gasteiger partial charge >= 0.3 is 0 Å². The highest BCUT2D eigenvalue weighted by atomic mass is 32.2. The number of rotatable bonds is 5. The molecular weight excluding hydrogens is 325 g/mol. The summed E-state index contributed by atoms with van der Waals surface area (Å²) >= 11 is 0.924. The van der Waals surface area contributed by atoms with Crippen LogP contribution in [0.4, 0.5) is 18.9 Å². The molecule has 1 spiro atoms. The summed E-state index contributed by atoms with van der Waals surface area (Å²) in [6, 6.07) is 3.85. The fourth-order valence-corrected chi connectivity index (χ4v) is 4.03. The maximum absolute atomic E-state index is 13.4. The largest absolute Gasteiger partial charge is 0.325 e. The molecular formula is C16H19F3N2OS. The van der Waals surface area contributed by atoms with Gasteiger partial charge in [-0.3, -0.25) is 4.79 Å². The molecule has 1 unspecified atom stereocenters. The molecule has 1 aromatic carbocycles. The van der Waals surface area contributed by atoms with Crippen LogP contribution in [-0.2, 0) is 4.79 Å². The number of halogens is 3. The number of nitrogens with one attached hydrogen (secondary N) is 2. The molecule has 7 heteroatoms. The first-order valence-corrected chi connectivity index (χ1v) is 8.71. The molecule has 1 aromatic rings. The number of hydrogen-bond acceptors (Lipinski definition) is 3. The lowest BCUT2D eigenvalue weighted by atomic mass is 9.92. The molecule has 1 aliphatic carbocycles. The molecule has 1 amide bonds. The second kappa shape index (κ2) is 6.73. The maximum Gasteiger partial charge on any atom is 0.247 e. The van der Waals surface area contributed by atoms with Crippen LogP contribution < -0.4 is 10.6 Å². The first-order chi connectivity index (χ1) is 11.0. The summed E-state index contributed by atoms with van der Waals surface area (Å²) in [4.78, 5) is 12.9. The number of piperidine rings is 1. The number of amides is 1. The molecule has 1 saturated heterocycles. The number of hydrogen-bond donors (Lipinski definition) is 2. The average molecular weight is 344 g/mol. The van der Waals surface area contributed by atoms with E-state index in [0.29, 0.717) is 4.90 Å². The van der Waals surface area contributed by atoms with E-state index in [9.17, 15) is 18.0 Å². The van der Waals surface area contributed by atoms with Gasteiger partial charge < -0.3 is 10.6 Å². The van der Waals surface area contributed by atoms with Gasteiger partial charge in [-0.05, 0) is 56.0 Å². The Kier molecular flexibility index (Phi) is 4.87. The highest BCUT2D eigenvalue weighted by Crippen LogP contribution is 2.58. The van der Waals surface area contributed by atoms with Crippen LogP contribution in [0, 0.1) is 17.2 Å². The molecule has 1 aliphatic heterocycles. The predicted molar refractivity (Wildman–Crippen MR) is 84.4 cm³/mol. The first kappa shape index (κ1) is 16.6. The van der Waals surface area contributed by atoms with Crippen molar-refractivity contribution < 1.29 is 18.0 Å². The molecule has 2 N–H and O–H groups in total. The quantitative estimate of drug-likeness (QED) is 0.803. The highest BCUT2D eigenvalue weighted by molar-refractivity contribution is 7.99. The van der Waals surface area contributed by atoms with Crippen molar-refractivity contribution in [1.82, 2.24) is 5.32 Å². The molecule has 2 aliphatic rings. The van der Waals surface area contributed by atoms with Crippen LogP contribution in [-0.4, -0.2) is 31.2 Å². The van der Waals surface area contributed by atoms with Crippen LogP contribution in [0.15, 0.2) is 23.1 Å². The zero-order valence-corrected chi connectivity index (χ0v) is 13.4. The normalized spacial score (nSPS) is 22.3. The molecule has 1 saturated carbocycles. The maximum atomic E-state index is 13.4. The molecule has 0 aromatic heterocycles. The van der Waals surface area contributed by atoms with Crippen molar-refractivity contribution in [3.8, 4) is 0 Å². The van der Waals surface area contributed by atoms with E-state index in [4.69, 9.17) is 0 Å². The van der Waals surface area contributed by atoms with Crippen molar-refractivity contribution >= 4 is 23.4 Å². The minimum atomic E-state index is -2.45. The number of carbonyl (C=O) groups excluding carboxylic acids is 1. The van der Waals surface area contributed by atoms with Gasteiger partial charge in [0.1, 0.15) is 5.82 Å². The summed E-state index contributed by atoms with van der Waals surface area (Å²) in [5, 5.41) is 6.02. The summed E-state index contributed by atoms with van der Waals surface area (Å²) in [5.74, 6) is -1.06. The molecule has 2 fully saturated rings. The SMILES string of the molecule is O=C(Nc1cc(F)ccc1SCC(F)F)C1CC12CCNCC2. The third kappa shape index (κ3) is 3.83. The van der Waals surface area contributed by atoms with E-state index in [1.807, 2.05) is 0 Å². The molecule has 3 nitrogen and oxygen atoms in total. The van der Waals surface area contributed by atoms with Gasteiger partial charge in [0.05, 0.1) is 11.4 Å². The molecule has 126 valence electrons. The molecule has 0 radical (unpaired) electrons. The second-order valence-corrected chi connectivity index (χ2v) is 7.26. The van der Waals surface area contributed by atoms with Crippen molar-refractivity contribution in [2.75, 3.05) is 24.2 Å². The van der Waals surface area contributed by atoms with Crippen molar-refractivity contribution in [3.63, 3.8) is 0 Å². The lowest BCUT2D eigenvalue weighted by molar-refractivity contribution is -0.118. The van der Waals surface area contributed by atoms with Crippen molar-refractivity contribution in [1.29, 1.82) is 0 Å². The van der Waals surface area contributed by atoms with E-state index in [0.717, 1.165) is 44.1 Å². The van der Waals surface area contributed by atoms with Crippen LogP contribution >= 0.6 is 11.8 Å². The van der Waals surface area contributed by atoms with E-state index < -0.39 is 12.2 Å². The zero-order valence-electron chi connectivity index (χ0n) is 12.6. The van der Waals surface area contributed by atoms with Crippen molar-refractivity contribution in [2.24, 2.45) is 11.3 Å².